The number of rotatable bonds is 0. The summed E-state index contributed by atoms with van der Waals surface area (Å²) in [4.78, 5) is 1.98. The number of halogens is 3. The van der Waals surface area contributed by atoms with Crippen LogP contribution < -0.4 is 5.32 Å². The van der Waals surface area contributed by atoms with Crippen molar-refractivity contribution in [2.24, 2.45) is 11.8 Å². The van der Waals surface area contributed by atoms with Gasteiger partial charge in [-0.05, 0) is 13.0 Å². The maximum atomic E-state index is 12.4. The fraction of sp³-hybridized carbons (Fsp3) is 1.00. The van der Waals surface area contributed by atoms with E-state index in [1.54, 1.807) is 0 Å². The quantitative estimate of drug-likeness (QED) is 0.610. The van der Waals surface area contributed by atoms with Gasteiger partial charge in [-0.15, -0.1) is 0 Å². The number of nitrogens with zero attached hydrogens (tertiary/aromatic N) is 1. The molecule has 0 saturated carbocycles. The van der Waals surface area contributed by atoms with Crippen LogP contribution in [0.3, 0.4) is 0 Å². The van der Waals surface area contributed by atoms with E-state index in [0.29, 0.717) is 13.1 Å². The predicted molar refractivity (Wildman–Crippen MR) is 42.3 cm³/mol. The van der Waals surface area contributed by atoms with Crippen molar-refractivity contribution >= 4 is 0 Å². The fourth-order valence-corrected chi connectivity index (χ4v) is 2.50. The van der Waals surface area contributed by atoms with Crippen molar-refractivity contribution in [3.63, 3.8) is 0 Å². The van der Waals surface area contributed by atoms with Crippen LogP contribution in [0.15, 0.2) is 0 Å². The normalized spacial score (nSPS) is 41.1. The van der Waals surface area contributed by atoms with Crippen LogP contribution in [0.4, 0.5) is 13.2 Å². The van der Waals surface area contributed by atoms with Gasteiger partial charge < -0.3 is 10.2 Å². The summed E-state index contributed by atoms with van der Waals surface area (Å²) in [6, 6.07) is -1.28. The minimum Gasteiger partial charge on any atom is -0.306 e. The molecule has 5 heteroatoms. The van der Waals surface area contributed by atoms with Gasteiger partial charge in [0.25, 0.3) is 0 Å². The molecule has 0 bridgehead atoms. The SMILES string of the molecule is CN1C[C@@H]2CN[C@@H](C(F)(F)F)[C@H]2C1. The minimum atomic E-state index is -4.08. The molecule has 0 spiro atoms. The van der Waals surface area contributed by atoms with E-state index in [1.807, 2.05) is 11.9 Å². The first kappa shape index (κ1) is 9.27. The zero-order chi connectivity index (χ0) is 9.64. The highest BCUT2D eigenvalue weighted by Crippen LogP contribution is 2.37. The molecule has 0 aromatic rings. The number of fused-ring (bicyclic) bond motifs is 1. The van der Waals surface area contributed by atoms with Crippen LogP contribution in [0.5, 0.6) is 0 Å². The van der Waals surface area contributed by atoms with E-state index in [4.69, 9.17) is 0 Å². The zero-order valence-electron chi connectivity index (χ0n) is 7.43. The van der Waals surface area contributed by atoms with E-state index in [0.717, 1.165) is 6.54 Å². The smallest absolute Gasteiger partial charge is 0.306 e. The number of alkyl halides is 3. The Labute approximate surface area is 75.1 Å². The molecule has 2 fully saturated rings. The lowest BCUT2D eigenvalue weighted by atomic mass is 9.94. The summed E-state index contributed by atoms with van der Waals surface area (Å²) in [5.74, 6) is -0.0402. The van der Waals surface area contributed by atoms with Gasteiger partial charge in [-0.25, -0.2) is 0 Å². The van der Waals surface area contributed by atoms with Crippen molar-refractivity contribution in [1.29, 1.82) is 0 Å². The molecule has 2 rings (SSSR count). The Bertz CT molecular complexity index is 204. The molecule has 0 unspecified atom stereocenters. The summed E-state index contributed by atoms with van der Waals surface area (Å²) < 4.78 is 37.3. The molecule has 0 aromatic heterocycles. The highest BCUT2D eigenvalue weighted by atomic mass is 19.4. The van der Waals surface area contributed by atoms with E-state index in [-0.39, 0.29) is 11.8 Å². The minimum absolute atomic E-state index is 0.191. The van der Waals surface area contributed by atoms with Crippen LogP contribution in [0.25, 0.3) is 0 Å². The molecular weight excluding hydrogens is 181 g/mol. The van der Waals surface area contributed by atoms with Crippen LogP contribution in [-0.2, 0) is 0 Å². The first-order valence-electron chi connectivity index (χ1n) is 4.47. The van der Waals surface area contributed by atoms with Crippen molar-refractivity contribution in [3.05, 3.63) is 0 Å². The summed E-state index contributed by atoms with van der Waals surface area (Å²) in [7, 11) is 1.88. The average molecular weight is 194 g/mol. The molecule has 13 heavy (non-hydrogen) atoms. The van der Waals surface area contributed by atoms with Gasteiger partial charge in [0.05, 0.1) is 0 Å². The van der Waals surface area contributed by atoms with E-state index in [9.17, 15) is 13.2 Å². The monoisotopic (exact) mass is 194 g/mol. The van der Waals surface area contributed by atoms with Gasteiger partial charge in [-0.1, -0.05) is 0 Å². The third kappa shape index (κ3) is 1.55. The maximum Gasteiger partial charge on any atom is 0.404 e. The Balaban J connectivity index is 2.09. The second-order valence-corrected chi connectivity index (χ2v) is 4.07. The van der Waals surface area contributed by atoms with Crippen LogP contribution >= 0.6 is 0 Å². The van der Waals surface area contributed by atoms with Gasteiger partial charge in [-0.3, -0.25) is 0 Å². The average Bonchev–Trinajstić information content (AvgIpc) is 2.41. The second-order valence-electron chi connectivity index (χ2n) is 4.07. The molecule has 1 N–H and O–H groups in total. The van der Waals surface area contributed by atoms with Crippen LogP contribution in [-0.4, -0.2) is 43.8 Å². The van der Waals surface area contributed by atoms with Gasteiger partial charge in [0.1, 0.15) is 6.04 Å². The molecule has 0 aromatic carbocycles. The summed E-state index contributed by atoms with van der Waals surface area (Å²) >= 11 is 0. The highest BCUT2D eigenvalue weighted by Gasteiger charge is 2.53. The Morgan fingerprint density at radius 2 is 2.00 bits per heavy atom. The maximum absolute atomic E-state index is 12.4. The number of hydrogen-bond donors (Lipinski definition) is 1. The highest BCUT2D eigenvalue weighted by molar-refractivity contribution is 4.99. The summed E-state index contributed by atoms with van der Waals surface area (Å²) in [5, 5.41) is 2.57. The van der Waals surface area contributed by atoms with Crippen molar-refractivity contribution in [1.82, 2.24) is 10.2 Å². The number of nitrogens with one attached hydrogen (secondary N) is 1. The summed E-state index contributed by atoms with van der Waals surface area (Å²) in [6.45, 7) is 1.88. The molecule has 3 atom stereocenters. The van der Waals surface area contributed by atoms with Gasteiger partial charge in [0, 0.05) is 25.6 Å². The Hall–Kier alpha value is -0.290. The van der Waals surface area contributed by atoms with E-state index >= 15 is 0 Å². The zero-order valence-corrected chi connectivity index (χ0v) is 7.43. The third-order valence-electron chi connectivity index (χ3n) is 3.05. The number of hydrogen-bond acceptors (Lipinski definition) is 2. The lowest BCUT2D eigenvalue weighted by Gasteiger charge is -2.21. The Morgan fingerprint density at radius 1 is 1.31 bits per heavy atom. The predicted octanol–water partition coefficient (Wildman–Crippen LogP) is 0.698. The Kier molecular flexibility index (Phi) is 2.03. The first-order chi connectivity index (χ1) is 5.98. The van der Waals surface area contributed by atoms with E-state index < -0.39 is 12.2 Å². The van der Waals surface area contributed by atoms with Gasteiger partial charge in [0.2, 0.25) is 0 Å². The number of likely N-dealkylation sites (tertiary alicyclic amines) is 1. The molecule has 2 aliphatic rings. The topological polar surface area (TPSA) is 15.3 Å². The van der Waals surface area contributed by atoms with Gasteiger partial charge in [-0.2, -0.15) is 13.2 Å². The lowest BCUT2D eigenvalue weighted by molar-refractivity contribution is -0.161. The molecule has 2 saturated heterocycles. The van der Waals surface area contributed by atoms with E-state index in [1.165, 1.54) is 0 Å². The summed E-state index contributed by atoms with van der Waals surface area (Å²) in [6.07, 6.45) is -4.08. The van der Waals surface area contributed by atoms with Crippen LogP contribution in [0, 0.1) is 11.8 Å². The lowest BCUT2D eigenvalue weighted by Crippen LogP contribution is -2.43. The fourth-order valence-electron chi connectivity index (χ4n) is 2.50. The molecule has 76 valence electrons. The van der Waals surface area contributed by atoms with E-state index in [2.05, 4.69) is 5.32 Å². The van der Waals surface area contributed by atoms with Crippen molar-refractivity contribution in [3.8, 4) is 0 Å². The van der Waals surface area contributed by atoms with Gasteiger partial charge >= 0.3 is 6.18 Å². The molecule has 2 aliphatic heterocycles. The van der Waals surface area contributed by atoms with Crippen molar-refractivity contribution in [2.75, 3.05) is 26.7 Å². The standard InChI is InChI=1S/C8H13F3N2/c1-13-3-5-2-12-7(6(5)4-13)8(9,10)11/h5-7,12H,2-4H2,1H3/t5-,6-,7+/m0/s1. The molecule has 2 heterocycles. The van der Waals surface area contributed by atoms with Crippen molar-refractivity contribution < 1.29 is 13.2 Å². The summed E-state index contributed by atoms with van der Waals surface area (Å²) in [5.41, 5.74) is 0. The molecule has 0 amide bonds. The molecule has 0 radical (unpaired) electrons. The first-order valence-corrected chi connectivity index (χ1v) is 4.47. The van der Waals surface area contributed by atoms with Crippen molar-refractivity contribution in [2.45, 2.75) is 12.2 Å². The largest absolute Gasteiger partial charge is 0.404 e. The van der Waals surface area contributed by atoms with Gasteiger partial charge in [0.15, 0.2) is 0 Å². The van der Waals surface area contributed by atoms with Crippen LogP contribution in [0.1, 0.15) is 0 Å². The third-order valence-corrected chi connectivity index (χ3v) is 3.05. The van der Waals surface area contributed by atoms with Crippen LogP contribution in [0.2, 0.25) is 0 Å². The molecule has 0 aliphatic carbocycles. The second kappa shape index (κ2) is 2.85. The molecule has 2 nitrogen and oxygen atoms in total. The Morgan fingerprint density at radius 3 is 2.62 bits per heavy atom. The molecular formula is C8H13F3N2.